The lowest BCUT2D eigenvalue weighted by atomic mass is 10.0. The zero-order valence-electron chi connectivity index (χ0n) is 10.8. The lowest BCUT2D eigenvalue weighted by molar-refractivity contribution is -0.143. The molecule has 0 fully saturated rings. The summed E-state index contributed by atoms with van der Waals surface area (Å²) in [4.78, 5) is 13.1. The van der Waals surface area contributed by atoms with E-state index in [0.29, 0.717) is 18.9 Å². The monoisotopic (exact) mass is 235 g/mol. The van der Waals surface area contributed by atoms with Crippen LogP contribution in [0.2, 0.25) is 0 Å². The lowest BCUT2D eigenvalue weighted by Crippen LogP contribution is -2.38. The molecule has 1 rings (SSSR count). The lowest BCUT2D eigenvalue weighted by Gasteiger charge is -2.26. The number of nitrogens with zero attached hydrogens (tertiary/aromatic N) is 1. The summed E-state index contributed by atoms with van der Waals surface area (Å²) in [6, 6.07) is 9.54. The molecule has 0 aliphatic heterocycles. The fourth-order valence-corrected chi connectivity index (χ4v) is 1.90. The van der Waals surface area contributed by atoms with E-state index in [-0.39, 0.29) is 0 Å². The van der Waals surface area contributed by atoms with Crippen molar-refractivity contribution in [1.82, 2.24) is 4.90 Å². The third-order valence-corrected chi connectivity index (χ3v) is 2.79. The van der Waals surface area contributed by atoms with Gasteiger partial charge in [-0.3, -0.25) is 9.69 Å². The largest absolute Gasteiger partial charge is 0.480 e. The van der Waals surface area contributed by atoms with Gasteiger partial charge in [-0.25, -0.2) is 0 Å². The van der Waals surface area contributed by atoms with E-state index in [0.717, 1.165) is 5.56 Å². The Morgan fingerprint density at radius 3 is 2.35 bits per heavy atom. The Morgan fingerprint density at radius 1 is 1.29 bits per heavy atom. The van der Waals surface area contributed by atoms with E-state index in [2.05, 4.69) is 0 Å². The molecule has 0 aliphatic rings. The van der Waals surface area contributed by atoms with Crippen LogP contribution in [0.5, 0.6) is 0 Å². The predicted octanol–water partition coefficient (Wildman–Crippen LogP) is 2.62. The van der Waals surface area contributed by atoms with Crippen LogP contribution in [0.25, 0.3) is 0 Å². The van der Waals surface area contributed by atoms with E-state index < -0.39 is 12.0 Å². The average molecular weight is 235 g/mol. The highest BCUT2D eigenvalue weighted by Crippen LogP contribution is 2.13. The fraction of sp³-hybridized carbons (Fsp3) is 0.500. The highest BCUT2D eigenvalue weighted by Gasteiger charge is 2.23. The van der Waals surface area contributed by atoms with Gasteiger partial charge in [-0.05, 0) is 24.9 Å². The number of likely N-dealkylation sites (N-methyl/N-ethyl adjacent to an activating group) is 1. The van der Waals surface area contributed by atoms with Crippen LogP contribution in [0.1, 0.15) is 25.8 Å². The van der Waals surface area contributed by atoms with E-state index in [1.54, 1.807) is 0 Å². The molecule has 0 spiro atoms. The van der Waals surface area contributed by atoms with Crippen molar-refractivity contribution < 1.29 is 9.90 Å². The van der Waals surface area contributed by atoms with E-state index >= 15 is 0 Å². The molecule has 0 saturated carbocycles. The molecule has 1 N–H and O–H groups in total. The number of hydrogen-bond donors (Lipinski definition) is 1. The molecule has 94 valence electrons. The molecule has 1 aromatic rings. The maximum atomic E-state index is 11.2. The highest BCUT2D eigenvalue weighted by atomic mass is 16.4. The van der Waals surface area contributed by atoms with Crippen molar-refractivity contribution in [3.63, 3.8) is 0 Å². The van der Waals surface area contributed by atoms with Gasteiger partial charge in [0, 0.05) is 6.54 Å². The van der Waals surface area contributed by atoms with Gasteiger partial charge < -0.3 is 5.11 Å². The van der Waals surface area contributed by atoms with Crippen molar-refractivity contribution >= 4 is 5.97 Å². The van der Waals surface area contributed by atoms with Gasteiger partial charge in [-0.15, -0.1) is 0 Å². The van der Waals surface area contributed by atoms with Crippen LogP contribution in [-0.4, -0.2) is 29.1 Å². The van der Waals surface area contributed by atoms with Crippen molar-refractivity contribution in [3.8, 4) is 0 Å². The quantitative estimate of drug-likeness (QED) is 0.824. The number of aliphatic carboxylic acids is 1. The molecule has 0 unspecified atom stereocenters. The van der Waals surface area contributed by atoms with Gasteiger partial charge in [0.15, 0.2) is 0 Å². The molecule has 0 radical (unpaired) electrons. The normalized spacial score (nSPS) is 13.0. The third kappa shape index (κ3) is 4.57. The van der Waals surface area contributed by atoms with Gasteiger partial charge in [0.25, 0.3) is 0 Å². The minimum Gasteiger partial charge on any atom is -0.480 e. The molecule has 3 heteroatoms. The molecule has 1 aromatic carbocycles. The second kappa shape index (κ2) is 6.40. The number of hydrogen-bond acceptors (Lipinski definition) is 2. The summed E-state index contributed by atoms with van der Waals surface area (Å²) >= 11 is 0. The molecule has 0 bridgehead atoms. The van der Waals surface area contributed by atoms with Gasteiger partial charge in [0.1, 0.15) is 6.04 Å². The van der Waals surface area contributed by atoms with Gasteiger partial charge in [-0.1, -0.05) is 44.2 Å². The van der Waals surface area contributed by atoms with Gasteiger partial charge in [-0.2, -0.15) is 0 Å². The van der Waals surface area contributed by atoms with Crippen LogP contribution >= 0.6 is 0 Å². The molecular formula is C14H21NO2. The second-order valence-corrected chi connectivity index (χ2v) is 4.88. The Morgan fingerprint density at radius 2 is 1.88 bits per heavy atom. The maximum absolute atomic E-state index is 11.2. The van der Waals surface area contributed by atoms with Crippen LogP contribution in [-0.2, 0) is 11.3 Å². The van der Waals surface area contributed by atoms with Gasteiger partial charge in [0.05, 0.1) is 0 Å². The first-order chi connectivity index (χ1) is 8.00. The Labute approximate surface area is 103 Å². The summed E-state index contributed by atoms with van der Waals surface area (Å²) in [7, 11) is 1.87. The van der Waals surface area contributed by atoms with Crippen LogP contribution in [0.3, 0.4) is 0 Å². The highest BCUT2D eigenvalue weighted by molar-refractivity contribution is 5.73. The van der Waals surface area contributed by atoms with E-state index in [4.69, 9.17) is 0 Å². The SMILES string of the molecule is CC(C)C[C@H](C(=O)O)N(C)Cc1ccccc1. The Hall–Kier alpha value is -1.35. The second-order valence-electron chi connectivity index (χ2n) is 4.88. The molecule has 17 heavy (non-hydrogen) atoms. The summed E-state index contributed by atoms with van der Waals surface area (Å²) in [5, 5.41) is 9.23. The summed E-state index contributed by atoms with van der Waals surface area (Å²) in [6.07, 6.45) is 0.679. The van der Waals surface area contributed by atoms with Gasteiger partial charge >= 0.3 is 5.97 Å². The van der Waals surface area contributed by atoms with Crippen molar-refractivity contribution in [2.24, 2.45) is 5.92 Å². The van der Waals surface area contributed by atoms with Crippen molar-refractivity contribution in [3.05, 3.63) is 35.9 Å². The smallest absolute Gasteiger partial charge is 0.320 e. The van der Waals surface area contributed by atoms with Crippen molar-refractivity contribution in [1.29, 1.82) is 0 Å². The molecule has 1 atom stereocenters. The third-order valence-electron chi connectivity index (χ3n) is 2.79. The molecule has 0 aromatic heterocycles. The van der Waals surface area contributed by atoms with Gasteiger partial charge in [0.2, 0.25) is 0 Å². The Balaban J connectivity index is 2.65. The molecule has 0 saturated heterocycles. The minimum atomic E-state index is -0.739. The zero-order valence-corrected chi connectivity index (χ0v) is 10.8. The molecule has 0 aliphatic carbocycles. The average Bonchev–Trinajstić information content (AvgIpc) is 2.26. The predicted molar refractivity (Wildman–Crippen MR) is 68.8 cm³/mol. The molecule has 0 heterocycles. The van der Waals surface area contributed by atoms with Crippen LogP contribution in [0, 0.1) is 5.92 Å². The number of benzene rings is 1. The first kappa shape index (κ1) is 13.7. The zero-order chi connectivity index (χ0) is 12.8. The number of carboxylic acids is 1. The standard InChI is InChI=1S/C14H21NO2/c1-11(2)9-13(14(16)17)15(3)10-12-7-5-4-6-8-12/h4-8,11,13H,9-10H2,1-3H3,(H,16,17)/t13-/m1/s1. The summed E-state index contributed by atoms with van der Waals surface area (Å²) in [5.41, 5.74) is 1.14. The van der Waals surface area contributed by atoms with Crippen LogP contribution in [0.15, 0.2) is 30.3 Å². The van der Waals surface area contributed by atoms with E-state index in [1.807, 2.05) is 56.1 Å². The maximum Gasteiger partial charge on any atom is 0.320 e. The molecular weight excluding hydrogens is 214 g/mol. The molecule has 0 amide bonds. The summed E-state index contributed by atoms with van der Waals surface area (Å²) in [5.74, 6) is -0.355. The number of carbonyl (C=O) groups is 1. The number of carboxylic acid groups (broad SMARTS) is 1. The topological polar surface area (TPSA) is 40.5 Å². The van der Waals surface area contributed by atoms with Crippen LogP contribution in [0.4, 0.5) is 0 Å². The summed E-state index contributed by atoms with van der Waals surface area (Å²) < 4.78 is 0. The minimum absolute atomic E-state index is 0.384. The van der Waals surface area contributed by atoms with E-state index in [1.165, 1.54) is 0 Å². The van der Waals surface area contributed by atoms with Crippen LogP contribution < -0.4 is 0 Å². The number of rotatable bonds is 6. The first-order valence-electron chi connectivity index (χ1n) is 5.97. The fourth-order valence-electron chi connectivity index (χ4n) is 1.90. The van der Waals surface area contributed by atoms with E-state index in [9.17, 15) is 9.90 Å². The van der Waals surface area contributed by atoms with Crippen molar-refractivity contribution in [2.45, 2.75) is 32.9 Å². The Bertz CT molecular complexity index is 348. The summed E-state index contributed by atoms with van der Waals surface area (Å²) in [6.45, 7) is 4.77. The molecule has 3 nitrogen and oxygen atoms in total. The Kier molecular flexibility index (Phi) is 5.16. The first-order valence-corrected chi connectivity index (χ1v) is 5.97. The van der Waals surface area contributed by atoms with Crippen molar-refractivity contribution in [2.75, 3.05) is 7.05 Å².